The maximum absolute atomic E-state index is 4.40. The minimum absolute atomic E-state index is 0.132. The average molecular weight is 205 g/mol. The van der Waals surface area contributed by atoms with E-state index in [2.05, 4.69) is 43.0 Å². The van der Waals surface area contributed by atoms with Gasteiger partial charge >= 0.3 is 0 Å². The summed E-state index contributed by atoms with van der Waals surface area (Å²) in [6, 6.07) is 2.02. The molecule has 0 aliphatic rings. The molecule has 3 nitrogen and oxygen atoms in total. The van der Waals surface area contributed by atoms with Crippen LogP contribution in [0.3, 0.4) is 0 Å². The van der Waals surface area contributed by atoms with Gasteiger partial charge in [0.1, 0.15) is 6.54 Å². The van der Waals surface area contributed by atoms with E-state index in [1.807, 2.05) is 23.9 Å². The Morgan fingerprint density at radius 1 is 1.47 bits per heavy atom. The molecule has 1 N–H and O–H groups in total. The lowest BCUT2D eigenvalue weighted by molar-refractivity contribution is 0.420. The molecule has 0 saturated carbocycles. The molecule has 0 spiro atoms. The van der Waals surface area contributed by atoms with Crippen molar-refractivity contribution in [2.24, 2.45) is 0 Å². The zero-order chi connectivity index (χ0) is 11.3. The van der Waals surface area contributed by atoms with Gasteiger partial charge in [-0.3, -0.25) is 4.68 Å². The summed E-state index contributed by atoms with van der Waals surface area (Å²) < 4.78 is 1.86. The fourth-order valence-corrected chi connectivity index (χ4v) is 1.10. The van der Waals surface area contributed by atoms with Gasteiger partial charge in [0.2, 0.25) is 0 Å². The molecular weight excluding hydrogens is 186 g/mol. The van der Waals surface area contributed by atoms with Crippen molar-refractivity contribution in [1.29, 1.82) is 0 Å². The van der Waals surface area contributed by atoms with Crippen molar-refractivity contribution in [3.8, 4) is 11.8 Å². The fourth-order valence-electron chi connectivity index (χ4n) is 1.10. The molecule has 0 saturated heterocycles. The molecule has 3 heteroatoms. The minimum Gasteiger partial charge on any atom is -0.306 e. The third kappa shape index (κ3) is 4.66. The van der Waals surface area contributed by atoms with E-state index in [1.165, 1.54) is 0 Å². The van der Waals surface area contributed by atoms with Crippen molar-refractivity contribution in [3.05, 3.63) is 18.0 Å². The Hall–Kier alpha value is -1.27. The van der Waals surface area contributed by atoms with Crippen LogP contribution in [0.15, 0.2) is 12.3 Å². The van der Waals surface area contributed by atoms with Crippen LogP contribution in [0.4, 0.5) is 0 Å². The molecule has 1 heterocycles. The zero-order valence-electron chi connectivity index (χ0n) is 9.96. The summed E-state index contributed by atoms with van der Waals surface area (Å²) in [4.78, 5) is 0. The van der Waals surface area contributed by atoms with E-state index in [-0.39, 0.29) is 5.54 Å². The lowest BCUT2D eigenvalue weighted by atomic mass is 10.1. The van der Waals surface area contributed by atoms with E-state index < -0.39 is 0 Å². The Morgan fingerprint density at radius 3 is 2.80 bits per heavy atom. The summed E-state index contributed by atoms with van der Waals surface area (Å²) in [7, 11) is 0. The number of aromatic nitrogens is 2. The van der Waals surface area contributed by atoms with Gasteiger partial charge < -0.3 is 5.32 Å². The van der Waals surface area contributed by atoms with Crippen LogP contribution >= 0.6 is 0 Å². The number of hydrogen-bond donors (Lipinski definition) is 1. The molecule has 1 rings (SSSR count). The lowest BCUT2D eigenvalue weighted by Crippen LogP contribution is -2.35. The normalized spacial score (nSPS) is 10.9. The predicted molar refractivity (Wildman–Crippen MR) is 62.3 cm³/mol. The third-order valence-corrected chi connectivity index (χ3v) is 1.91. The van der Waals surface area contributed by atoms with Crippen molar-refractivity contribution >= 4 is 0 Å². The average Bonchev–Trinajstić information content (AvgIpc) is 2.58. The second-order valence-electron chi connectivity index (χ2n) is 4.53. The van der Waals surface area contributed by atoms with Gasteiger partial charge in [0.25, 0.3) is 0 Å². The molecule has 0 aliphatic carbocycles. The molecule has 0 unspecified atom stereocenters. The van der Waals surface area contributed by atoms with Crippen molar-refractivity contribution in [2.45, 2.75) is 46.3 Å². The van der Waals surface area contributed by atoms with Gasteiger partial charge in [-0.05, 0) is 33.8 Å². The maximum Gasteiger partial charge on any atom is 0.102 e. The number of rotatable bonds is 3. The zero-order valence-corrected chi connectivity index (χ0v) is 9.96. The summed E-state index contributed by atoms with van der Waals surface area (Å²) in [5.41, 5.74) is 1.19. The Bertz CT molecular complexity index is 360. The first-order chi connectivity index (χ1) is 7.01. The summed E-state index contributed by atoms with van der Waals surface area (Å²) in [6.07, 6.45) is 1.96. The number of hydrogen-bond acceptors (Lipinski definition) is 2. The molecule has 0 atom stereocenters. The summed E-state index contributed by atoms with van der Waals surface area (Å²) >= 11 is 0. The van der Waals surface area contributed by atoms with E-state index in [9.17, 15) is 0 Å². The monoisotopic (exact) mass is 205 g/mol. The van der Waals surface area contributed by atoms with Crippen molar-refractivity contribution in [3.63, 3.8) is 0 Å². The third-order valence-electron chi connectivity index (χ3n) is 1.91. The first-order valence-electron chi connectivity index (χ1n) is 5.18. The number of nitrogens with one attached hydrogen (secondary N) is 1. The molecule has 1 aromatic heterocycles. The van der Waals surface area contributed by atoms with Gasteiger partial charge in [0, 0.05) is 18.3 Å². The lowest BCUT2D eigenvalue weighted by Gasteiger charge is -2.19. The van der Waals surface area contributed by atoms with Crippen LogP contribution in [0, 0.1) is 11.8 Å². The largest absolute Gasteiger partial charge is 0.306 e. The molecule has 0 aromatic carbocycles. The van der Waals surface area contributed by atoms with Gasteiger partial charge in [-0.1, -0.05) is 5.92 Å². The smallest absolute Gasteiger partial charge is 0.102 e. The molecule has 0 fully saturated rings. The topological polar surface area (TPSA) is 29.9 Å². The van der Waals surface area contributed by atoms with Gasteiger partial charge in [-0.25, -0.2) is 0 Å². The van der Waals surface area contributed by atoms with Crippen molar-refractivity contribution in [2.75, 3.05) is 0 Å². The second kappa shape index (κ2) is 4.99. The molecule has 82 valence electrons. The Kier molecular flexibility index (Phi) is 3.93. The minimum atomic E-state index is 0.132. The number of nitrogens with zero attached hydrogens (tertiary/aromatic N) is 2. The predicted octanol–water partition coefficient (Wildman–Crippen LogP) is 1.79. The van der Waals surface area contributed by atoms with Crippen LogP contribution in [0.1, 0.15) is 33.4 Å². The first-order valence-corrected chi connectivity index (χ1v) is 5.18. The van der Waals surface area contributed by atoms with E-state index in [0.29, 0.717) is 6.54 Å². The summed E-state index contributed by atoms with van der Waals surface area (Å²) in [5, 5.41) is 7.80. The van der Waals surface area contributed by atoms with Gasteiger partial charge in [0.15, 0.2) is 0 Å². The van der Waals surface area contributed by atoms with E-state index in [4.69, 9.17) is 0 Å². The highest BCUT2D eigenvalue weighted by Gasteiger charge is 2.09. The molecule has 0 aliphatic heterocycles. The van der Waals surface area contributed by atoms with Crippen LogP contribution in [0.2, 0.25) is 0 Å². The van der Waals surface area contributed by atoms with Crippen molar-refractivity contribution < 1.29 is 0 Å². The Balaban J connectivity index is 2.48. The van der Waals surface area contributed by atoms with E-state index in [1.54, 1.807) is 0 Å². The molecule has 1 aromatic rings. The molecule has 15 heavy (non-hydrogen) atoms. The van der Waals surface area contributed by atoms with E-state index in [0.717, 1.165) is 12.2 Å². The quantitative estimate of drug-likeness (QED) is 0.762. The van der Waals surface area contributed by atoms with Crippen LogP contribution in [0.25, 0.3) is 0 Å². The first kappa shape index (κ1) is 11.8. The fraction of sp³-hybridized carbons (Fsp3) is 0.583. The molecule has 0 bridgehead atoms. The summed E-state index contributed by atoms with van der Waals surface area (Å²) in [6.45, 7) is 9.75. The van der Waals surface area contributed by atoms with Gasteiger partial charge in [-0.2, -0.15) is 5.10 Å². The van der Waals surface area contributed by atoms with Gasteiger partial charge in [-0.15, -0.1) is 5.92 Å². The van der Waals surface area contributed by atoms with Gasteiger partial charge in [0.05, 0.1) is 5.69 Å². The van der Waals surface area contributed by atoms with Crippen LogP contribution < -0.4 is 5.32 Å². The highest BCUT2D eigenvalue weighted by molar-refractivity contribution is 5.02. The standard InChI is InChI=1S/C12H19N3/c1-5-6-8-15-9-7-11(14-15)10-13-12(2,3)4/h7,9,13H,8,10H2,1-4H3. The van der Waals surface area contributed by atoms with Crippen LogP contribution in [-0.2, 0) is 13.1 Å². The Morgan fingerprint density at radius 2 is 2.20 bits per heavy atom. The summed E-state index contributed by atoms with van der Waals surface area (Å²) in [5.74, 6) is 5.84. The van der Waals surface area contributed by atoms with Crippen LogP contribution in [0.5, 0.6) is 0 Å². The van der Waals surface area contributed by atoms with Crippen LogP contribution in [-0.4, -0.2) is 15.3 Å². The van der Waals surface area contributed by atoms with E-state index >= 15 is 0 Å². The highest BCUT2D eigenvalue weighted by atomic mass is 15.3. The maximum atomic E-state index is 4.40. The van der Waals surface area contributed by atoms with Crippen molar-refractivity contribution in [1.82, 2.24) is 15.1 Å². The molecule has 0 amide bonds. The Labute approximate surface area is 91.9 Å². The SMILES string of the molecule is CC#CCn1ccc(CNC(C)(C)C)n1. The second-order valence-corrected chi connectivity index (χ2v) is 4.53. The highest BCUT2D eigenvalue weighted by Crippen LogP contribution is 2.02. The molecule has 0 radical (unpaired) electrons. The molecular formula is C12H19N3.